The summed E-state index contributed by atoms with van der Waals surface area (Å²) < 4.78 is 38.9. The molecule has 108 valence electrons. The zero-order valence-electron chi connectivity index (χ0n) is 10.7. The van der Waals surface area contributed by atoms with Gasteiger partial charge in [-0.1, -0.05) is 0 Å². The van der Waals surface area contributed by atoms with Gasteiger partial charge in [-0.2, -0.15) is 13.2 Å². The predicted octanol–water partition coefficient (Wildman–Crippen LogP) is 3.01. The van der Waals surface area contributed by atoms with Gasteiger partial charge in [0, 0.05) is 18.5 Å². The zero-order valence-corrected chi connectivity index (χ0v) is 10.7. The Morgan fingerprint density at radius 3 is 2.35 bits per heavy atom. The van der Waals surface area contributed by atoms with Crippen LogP contribution in [0.4, 0.5) is 24.5 Å². The lowest BCUT2D eigenvalue weighted by atomic mass is 10.1. The van der Waals surface area contributed by atoms with E-state index in [1.807, 2.05) is 0 Å². The molecule has 7 heteroatoms. The molecule has 0 atom stereocenters. The summed E-state index contributed by atoms with van der Waals surface area (Å²) in [6.45, 7) is 1.20. The van der Waals surface area contributed by atoms with E-state index in [0.29, 0.717) is 12.8 Å². The number of hydrogen-bond donors (Lipinski definition) is 2. The third-order valence-electron chi connectivity index (χ3n) is 2.85. The van der Waals surface area contributed by atoms with Gasteiger partial charge >= 0.3 is 6.18 Å². The Kier molecular flexibility index (Phi) is 3.69. The van der Waals surface area contributed by atoms with E-state index in [0.717, 1.165) is 12.1 Å². The van der Waals surface area contributed by atoms with E-state index in [9.17, 15) is 22.8 Å². The van der Waals surface area contributed by atoms with Gasteiger partial charge in [0.15, 0.2) is 0 Å². The highest BCUT2D eigenvalue weighted by molar-refractivity contribution is 5.95. The number of rotatable bonds is 3. The van der Waals surface area contributed by atoms with Crippen molar-refractivity contribution < 1.29 is 22.8 Å². The number of carbonyl (C=O) groups is 2. The van der Waals surface area contributed by atoms with E-state index in [1.54, 1.807) is 0 Å². The number of nitrogens with one attached hydrogen (secondary N) is 2. The molecule has 4 nitrogen and oxygen atoms in total. The maximum Gasteiger partial charge on any atom is 0.418 e. The highest BCUT2D eigenvalue weighted by Gasteiger charge is 2.36. The second-order valence-electron chi connectivity index (χ2n) is 4.70. The minimum atomic E-state index is -4.61. The fraction of sp³-hybridized carbons (Fsp3) is 0.385. The van der Waals surface area contributed by atoms with Crippen molar-refractivity contribution in [2.75, 3.05) is 10.6 Å². The molecule has 0 unspecified atom stereocenters. The number of amides is 2. The van der Waals surface area contributed by atoms with Gasteiger partial charge in [-0.15, -0.1) is 0 Å². The zero-order chi connectivity index (χ0) is 14.9. The Morgan fingerprint density at radius 1 is 1.20 bits per heavy atom. The molecule has 0 aromatic heterocycles. The van der Waals surface area contributed by atoms with Crippen LogP contribution in [-0.4, -0.2) is 11.8 Å². The van der Waals surface area contributed by atoms with Crippen LogP contribution < -0.4 is 10.6 Å². The SMILES string of the molecule is CC(=O)Nc1ccc(NC(=O)C2CC2)c(C(F)(F)F)c1. The van der Waals surface area contributed by atoms with Gasteiger partial charge in [0.25, 0.3) is 0 Å². The first-order chi connectivity index (χ1) is 9.27. The first-order valence-corrected chi connectivity index (χ1v) is 6.07. The van der Waals surface area contributed by atoms with Crippen LogP contribution in [0.5, 0.6) is 0 Å². The van der Waals surface area contributed by atoms with E-state index in [2.05, 4.69) is 10.6 Å². The van der Waals surface area contributed by atoms with Crippen molar-refractivity contribution in [1.82, 2.24) is 0 Å². The van der Waals surface area contributed by atoms with Gasteiger partial charge in [0.2, 0.25) is 11.8 Å². The summed E-state index contributed by atoms with van der Waals surface area (Å²) in [5, 5.41) is 4.57. The van der Waals surface area contributed by atoms with Crippen LogP contribution in [0.25, 0.3) is 0 Å². The van der Waals surface area contributed by atoms with Crippen LogP contribution in [0.15, 0.2) is 18.2 Å². The predicted molar refractivity (Wildman–Crippen MR) is 67.1 cm³/mol. The van der Waals surface area contributed by atoms with Crippen molar-refractivity contribution in [3.05, 3.63) is 23.8 Å². The van der Waals surface area contributed by atoms with Crippen LogP contribution in [-0.2, 0) is 15.8 Å². The summed E-state index contributed by atoms with van der Waals surface area (Å²) >= 11 is 0. The van der Waals surface area contributed by atoms with Crippen LogP contribution >= 0.6 is 0 Å². The van der Waals surface area contributed by atoms with Gasteiger partial charge in [-0.25, -0.2) is 0 Å². The Labute approximate surface area is 113 Å². The summed E-state index contributed by atoms with van der Waals surface area (Å²) in [6.07, 6.45) is -3.20. The number of alkyl halides is 3. The van der Waals surface area contributed by atoms with Gasteiger partial charge in [-0.3, -0.25) is 9.59 Å². The van der Waals surface area contributed by atoms with Crippen molar-refractivity contribution in [3.8, 4) is 0 Å². The van der Waals surface area contributed by atoms with Crippen LogP contribution in [0, 0.1) is 5.92 Å². The van der Waals surface area contributed by atoms with Gasteiger partial charge in [0.05, 0.1) is 11.3 Å². The van der Waals surface area contributed by atoms with Crippen molar-refractivity contribution in [2.24, 2.45) is 5.92 Å². The molecule has 20 heavy (non-hydrogen) atoms. The first kappa shape index (κ1) is 14.4. The lowest BCUT2D eigenvalue weighted by Crippen LogP contribution is -2.18. The smallest absolute Gasteiger partial charge is 0.326 e. The summed E-state index contributed by atoms with van der Waals surface area (Å²) in [7, 11) is 0. The van der Waals surface area contributed by atoms with Gasteiger partial charge in [0.1, 0.15) is 0 Å². The Bertz CT molecular complexity index is 551. The molecule has 0 aliphatic heterocycles. The molecule has 1 aromatic carbocycles. The van der Waals surface area contributed by atoms with Crippen LogP contribution in [0.2, 0.25) is 0 Å². The molecular formula is C13H13F3N2O2. The molecule has 0 heterocycles. The molecule has 1 aliphatic carbocycles. The Hall–Kier alpha value is -2.05. The third kappa shape index (κ3) is 3.49. The Balaban J connectivity index is 2.29. The number of carbonyl (C=O) groups excluding carboxylic acids is 2. The van der Waals surface area contributed by atoms with Crippen molar-refractivity contribution in [1.29, 1.82) is 0 Å². The van der Waals surface area contributed by atoms with E-state index < -0.39 is 23.6 Å². The molecule has 1 fully saturated rings. The van der Waals surface area contributed by atoms with Crippen molar-refractivity contribution in [2.45, 2.75) is 25.9 Å². The minimum absolute atomic E-state index is 0.0363. The van der Waals surface area contributed by atoms with Crippen molar-refractivity contribution in [3.63, 3.8) is 0 Å². The fourth-order valence-electron chi connectivity index (χ4n) is 1.75. The molecule has 1 aromatic rings. The first-order valence-electron chi connectivity index (χ1n) is 6.07. The quantitative estimate of drug-likeness (QED) is 0.897. The Morgan fingerprint density at radius 2 is 1.85 bits per heavy atom. The minimum Gasteiger partial charge on any atom is -0.326 e. The van der Waals surface area contributed by atoms with E-state index in [-0.39, 0.29) is 17.3 Å². The molecular weight excluding hydrogens is 273 g/mol. The standard InChI is InChI=1S/C13H13F3N2O2/c1-7(19)17-9-4-5-11(10(6-9)13(14,15)16)18-12(20)8-2-3-8/h4-6,8H,2-3H2,1H3,(H,17,19)(H,18,20). The lowest BCUT2D eigenvalue weighted by Gasteiger charge is -2.15. The molecule has 1 aliphatic rings. The highest BCUT2D eigenvalue weighted by atomic mass is 19.4. The maximum absolute atomic E-state index is 13.0. The monoisotopic (exact) mass is 286 g/mol. The molecule has 0 bridgehead atoms. The summed E-state index contributed by atoms with van der Waals surface area (Å²) in [5.41, 5.74) is -1.23. The van der Waals surface area contributed by atoms with E-state index in [1.165, 1.54) is 13.0 Å². The van der Waals surface area contributed by atoms with Gasteiger partial charge in [-0.05, 0) is 31.0 Å². The maximum atomic E-state index is 13.0. The van der Waals surface area contributed by atoms with Crippen LogP contribution in [0.1, 0.15) is 25.3 Å². The molecule has 0 spiro atoms. The molecule has 0 radical (unpaired) electrons. The average Bonchev–Trinajstić information content (AvgIpc) is 3.12. The lowest BCUT2D eigenvalue weighted by molar-refractivity contribution is -0.137. The average molecular weight is 286 g/mol. The highest BCUT2D eigenvalue weighted by Crippen LogP contribution is 2.38. The molecule has 2 rings (SSSR count). The normalized spacial score (nSPS) is 14.8. The summed E-state index contributed by atoms with van der Waals surface area (Å²) in [5.74, 6) is -1.05. The third-order valence-corrected chi connectivity index (χ3v) is 2.85. The number of hydrogen-bond acceptors (Lipinski definition) is 2. The van der Waals surface area contributed by atoms with Crippen molar-refractivity contribution >= 4 is 23.2 Å². The fourth-order valence-corrected chi connectivity index (χ4v) is 1.75. The molecule has 1 saturated carbocycles. The second-order valence-corrected chi connectivity index (χ2v) is 4.70. The molecule has 0 saturated heterocycles. The topological polar surface area (TPSA) is 58.2 Å². The number of benzene rings is 1. The molecule has 2 amide bonds. The van der Waals surface area contributed by atoms with E-state index in [4.69, 9.17) is 0 Å². The van der Waals surface area contributed by atoms with E-state index >= 15 is 0 Å². The van der Waals surface area contributed by atoms with Crippen LogP contribution in [0.3, 0.4) is 0 Å². The second kappa shape index (κ2) is 5.15. The van der Waals surface area contributed by atoms with Gasteiger partial charge < -0.3 is 10.6 Å². The summed E-state index contributed by atoms with van der Waals surface area (Å²) in [4.78, 5) is 22.4. The summed E-state index contributed by atoms with van der Waals surface area (Å²) in [6, 6.07) is 3.28. The number of anilines is 2. The largest absolute Gasteiger partial charge is 0.418 e. The molecule has 2 N–H and O–H groups in total. The number of halogens is 3.